The van der Waals surface area contributed by atoms with Gasteiger partial charge in [-0.3, -0.25) is 0 Å². The van der Waals surface area contributed by atoms with Crippen LogP contribution in [0.5, 0.6) is 0 Å². The maximum Gasteiger partial charge on any atom is 0.225 e. The summed E-state index contributed by atoms with van der Waals surface area (Å²) in [6.45, 7) is 0.836. The van der Waals surface area contributed by atoms with Crippen LogP contribution in [0.1, 0.15) is 32.1 Å². The Hall–Kier alpha value is -1.20. The second kappa shape index (κ2) is 6.50. The van der Waals surface area contributed by atoms with Gasteiger partial charge in [0.05, 0.1) is 5.39 Å². The molecule has 7 heteroatoms. The molecule has 0 atom stereocenters. The topological polar surface area (TPSA) is 41.9 Å². The summed E-state index contributed by atoms with van der Waals surface area (Å²) >= 11 is 11.6. The van der Waals surface area contributed by atoms with E-state index in [1.807, 2.05) is 11.9 Å². The summed E-state index contributed by atoms with van der Waals surface area (Å²) < 4.78 is 14.1. The molecular weight excluding hydrogens is 326 g/mol. The molecular formula is C15H17Cl2FN4. The first-order valence-electron chi connectivity index (χ1n) is 7.44. The number of hydrogen-bond donors (Lipinski definition) is 0. The summed E-state index contributed by atoms with van der Waals surface area (Å²) in [5.74, 6) is 0.802. The average molecular weight is 343 g/mol. The van der Waals surface area contributed by atoms with Crippen LogP contribution in [0.2, 0.25) is 10.4 Å². The molecule has 2 aromatic rings. The second-order valence-electron chi connectivity index (χ2n) is 5.80. The summed E-state index contributed by atoms with van der Waals surface area (Å²) in [6.07, 6.45) is 7.85. The molecule has 1 aliphatic carbocycles. The van der Waals surface area contributed by atoms with Crippen LogP contribution in [-0.4, -0.2) is 28.5 Å². The second-order valence-corrected chi connectivity index (χ2v) is 6.50. The van der Waals surface area contributed by atoms with E-state index in [9.17, 15) is 4.39 Å². The van der Waals surface area contributed by atoms with E-state index in [4.69, 9.17) is 23.2 Å². The van der Waals surface area contributed by atoms with E-state index in [-0.39, 0.29) is 16.0 Å². The minimum absolute atomic E-state index is 0.00881. The number of anilines is 1. The van der Waals surface area contributed by atoms with Crippen molar-refractivity contribution in [1.82, 2.24) is 15.0 Å². The molecule has 0 amide bonds. The van der Waals surface area contributed by atoms with Crippen molar-refractivity contribution in [2.24, 2.45) is 5.92 Å². The average Bonchev–Trinajstić information content (AvgIpc) is 2.45. The third kappa shape index (κ3) is 3.10. The Kier molecular flexibility index (Phi) is 4.64. The van der Waals surface area contributed by atoms with Crippen molar-refractivity contribution in [2.75, 3.05) is 18.5 Å². The highest BCUT2D eigenvalue weighted by Crippen LogP contribution is 2.31. The van der Waals surface area contributed by atoms with E-state index in [1.54, 1.807) is 0 Å². The van der Waals surface area contributed by atoms with Gasteiger partial charge in [-0.05, 0) is 30.4 Å². The molecule has 0 aromatic carbocycles. The van der Waals surface area contributed by atoms with Crippen molar-refractivity contribution in [1.29, 1.82) is 0 Å². The number of rotatable bonds is 5. The lowest BCUT2D eigenvalue weighted by Gasteiger charge is -2.26. The fourth-order valence-electron chi connectivity index (χ4n) is 2.79. The molecule has 1 saturated carbocycles. The lowest BCUT2D eigenvalue weighted by atomic mass is 9.82. The predicted molar refractivity (Wildman–Crippen MR) is 87.2 cm³/mol. The van der Waals surface area contributed by atoms with Gasteiger partial charge in [0.25, 0.3) is 0 Å². The zero-order valence-electron chi connectivity index (χ0n) is 12.3. The maximum atomic E-state index is 14.1. The Morgan fingerprint density at radius 2 is 2.09 bits per heavy atom. The van der Waals surface area contributed by atoms with Gasteiger partial charge >= 0.3 is 0 Å². The van der Waals surface area contributed by atoms with Crippen LogP contribution in [-0.2, 0) is 0 Å². The highest BCUT2D eigenvalue weighted by Gasteiger charge is 2.19. The van der Waals surface area contributed by atoms with E-state index in [0.29, 0.717) is 11.2 Å². The summed E-state index contributed by atoms with van der Waals surface area (Å²) in [4.78, 5) is 14.0. The number of hydrogen-bond acceptors (Lipinski definition) is 4. The molecule has 2 heterocycles. The molecule has 22 heavy (non-hydrogen) atoms. The molecule has 2 aromatic heterocycles. The van der Waals surface area contributed by atoms with E-state index in [2.05, 4.69) is 15.0 Å². The van der Waals surface area contributed by atoms with Gasteiger partial charge in [0.1, 0.15) is 11.3 Å². The summed E-state index contributed by atoms with van der Waals surface area (Å²) in [6, 6.07) is 0. The maximum absolute atomic E-state index is 14.1. The van der Waals surface area contributed by atoms with Gasteiger partial charge in [0.2, 0.25) is 5.28 Å². The fourth-order valence-corrected chi connectivity index (χ4v) is 3.09. The molecule has 0 unspecified atom stereocenters. The van der Waals surface area contributed by atoms with Crippen LogP contribution < -0.4 is 4.90 Å². The highest BCUT2D eigenvalue weighted by atomic mass is 35.5. The Morgan fingerprint density at radius 3 is 2.77 bits per heavy atom. The monoisotopic (exact) mass is 342 g/mol. The smallest absolute Gasteiger partial charge is 0.225 e. The van der Waals surface area contributed by atoms with Gasteiger partial charge in [-0.15, -0.1) is 0 Å². The highest BCUT2D eigenvalue weighted by molar-refractivity contribution is 6.30. The Bertz CT molecular complexity index is 691. The van der Waals surface area contributed by atoms with Crippen molar-refractivity contribution in [2.45, 2.75) is 32.1 Å². The van der Waals surface area contributed by atoms with E-state index < -0.39 is 5.82 Å². The minimum atomic E-state index is -0.660. The lowest BCUT2D eigenvalue weighted by molar-refractivity contribution is 0.291. The van der Waals surface area contributed by atoms with Crippen molar-refractivity contribution in [3.05, 3.63) is 22.5 Å². The van der Waals surface area contributed by atoms with Crippen LogP contribution >= 0.6 is 23.2 Å². The van der Waals surface area contributed by atoms with Gasteiger partial charge < -0.3 is 4.90 Å². The molecule has 0 spiro atoms. The number of fused-ring (bicyclic) bond motifs is 1. The quantitative estimate of drug-likeness (QED) is 0.593. The zero-order chi connectivity index (χ0) is 15.7. The number of halogens is 3. The molecule has 0 radical (unpaired) electrons. The molecule has 0 N–H and O–H groups in total. The third-order valence-electron chi connectivity index (χ3n) is 4.29. The molecule has 3 rings (SSSR count). The third-order valence-corrected chi connectivity index (χ3v) is 4.72. The van der Waals surface area contributed by atoms with Crippen LogP contribution in [0.25, 0.3) is 10.9 Å². The zero-order valence-corrected chi connectivity index (χ0v) is 13.8. The summed E-state index contributed by atoms with van der Waals surface area (Å²) in [5, 5.41) is 0.327. The van der Waals surface area contributed by atoms with Gasteiger partial charge in [-0.1, -0.05) is 30.9 Å². The largest absolute Gasteiger partial charge is 0.359 e. The normalized spacial score (nSPS) is 15.1. The van der Waals surface area contributed by atoms with Gasteiger partial charge in [-0.25, -0.2) is 14.4 Å². The Morgan fingerprint density at radius 1 is 1.32 bits per heavy atom. The SMILES string of the molecule is CN(CCCC1CCC1)c1nc(Cl)nc2c(F)c(Cl)ncc12. The standard InChI is InChI=1S/C15H17Cl2FN4/c1-22(7-3-6-9-4-2-5-9)14-10-8-19-13(16)11(18)12(10)20-15(17)21-14/h8-9H,2-7H2,1H3. The molecule has 1 fully saturated rings. The van der Waals surface area contributed by atoms with Gasteiger partial charge in [0, 0.05) is 19.8 Å². The first-order valence-corrected chi connectivity index (χ1v) is 8.20. The molecule has 1 aliphatic rings. The molecule has 118 valence electrons. The first-order chi connectivity index (χ1) is 10.6. The van der Waals surface area contributed by atoms with Gasteiger partial charge in [-0.2, -0.15) is 4.98 Å². The van der Waals surface area contributed by atoms with Crippen LogP contribution in [0, 0.1) is 11.7 Å². The predicted octanol–water partition coefficient (Wildman–Crippen LogP) is 4.49. The van der Waals surface area contributed by atoms with E-state index in [1.165, 1.54) is 31.9 Å². The van der Waals surface area contributed by atoms with Crippen molar-refractivity contribution in [3.63, 3.8) is 0 Å². The van der Waals surface area contributed by atoms with Crippen LogP contribution in [0.3, 0.4) is 0 Å². The number of pyridine rings is 1. The molecule has 0 bridgehead atoms. The number of nitrogens with zero attached hydrogens (tertiary/aromatic N) is 4. The minimum Gasteiger partial charge on any atom is -0.359 e. The van der Waals surface area contributed by atoms with Gasteiger partial charge in [0.15, 0.2) is 11.0 Å². The summed E-state index contributed by atoms with van der Waals surface area (Å²) in [7, 11) is 1.92. The van der Waals surface area contributed by atoms with Crippen molar-refractivity contribution < 1.29 is 4.39 Å². The summed E-state index contributed by atoms with van der Waals surface area (Å²) in [5.41, 5.74) is 0.112. The molecule has 0 saturated heterocycles. The van der Waals surface area contributed by atoms with E-state index >= 15 is 0 Å². The first kappa shape index (κ1) is 15.7. The van der Waals surface area contributed by atoms with E-state index in [0.717, 1.165) is 18.9 Å². The molecule has 0 aliphatic heterocycles. The number of aromatic nitrogens is 3. The fraction of sp³-hybridized carbons (Fsp3) is 0.533. The Labute approximate surface area is 138 Å². The van der Waals surface area contributed by atoms with Crippen LogP contribution in [0.15, 0.2) is 6.20 Å². The van der Waals surface area contributed by atoms with Crippen LogP contribution in [0.4, 0.5) is 10.2 Å². The molecule has 4 nitrogen and oxygen atoms in total. The Balaban J connectivity index is 1.83. The lowest BCUT2D eigenvalue weighted by Crippen LogP contribution is -2.22. The van der Waals surface area contributed by atoms with Crippen molar-refractivity contribution in [3.8, 4) is 0 Å². The van der Waals surface area contributed by atoms with Crippen molar-refractivity contribution >= 4 is 39.9 Å².